The summed E-state index contributed by atoms with van der Waals surface area (Å²) in [6.07, 6.45) is 0. The second kappa shape index (κ2) is 12.9. The fourth-order valence-electron chi connectivity index (χ4n) is 9.68. The van der Waals surface area contributed by atoms with Crippen molar-refractivity contribution in [3.05, 3.63) is 241 Å². The van der Waals surface area contributed by atoms with Crippen LogP contribution in [0.25, 0.3) is 42.4 Å². The molecule has 272 valence electrons. The molecule has 0 saturated carbocycles. The number of nitrogens with zero attached hydrogens (tertiary/aromatic N) is 2. The fraction of sp³-hybridized carbons (Fsp3) is 0.0182. The Morgan fingerprint density at radius 2 is 0.948 bits per heavy atom. The first-order valence-corrected chi connectivity index (χ1v) is 20.3. The molecule has 1 unspecified atom stereocenters. The quantitative estimate of drug-likeness (QED) is 0.166. The van der Waals surface area contributed by atoms with Gasteiger partial charge in [-0.3, -0.25) is 0 Å². The number of rotatable bonds is 6. The average molecular weight is 762 g/mol. The summed E-state index contributed by atoms with van der Waals surface area (Å²) in [6.45, 7) is 0. The van der Waals surface area contributed by atoms with Gasteiger partial charge in [0.25, 0.3) is 0 Å². The first-order valence-electron chi connectivity index (χ1n) is 22.0. The van der Waals surface area contributed by atoms with Crippen LogP contribution in [0.15, 0.2) is 218 Å². The van der Waals surface area contributed by atoms with Crippen molar-refractivity contribution in [2.75, 3.05) is 9.80 Å². The van der Waals surface area contributed by atoms with Crippen LogP contribution in [0.5, 0.6) is 0 Å². The third-order valence-electron chi connectivity index (χ3n) is 11.9. The molecule has 2 aliphatic carbocycles. The highest BCUT2D eigenvalue weighted by Gasteiger charge is 2.52. The summed E-state index contributed by atoms with van der Waals surface area (Å²) >= 11 is 1.82. The van der Waals surface area contributed by atoms with Crippen LogP contribution in [0.1, 0.15) is 29.1 Å². The largest absolute Gasteiger partial charge is 0.310 e. The molecule has 0 bridgehead atoms. The minimum absolute atomic E-state index is 0.101. The summed E-state index contributed by atoms with van der Waals surface area (Å²) in [5.74, 6) is 0. The van der Waals surface area contributed by atoms with Crippen LogP contribution in [-0.4, -0.2) is 0 Å². The van der Waals surface area contributed by atoms with E-state index >= 15 is 0 Å². The van der Waals surface area contributed by atoms with Gasteiger partial charge in [0.1, 0.15) is 0 Å². The van der Waals surface area contributed by atoms with Gasteiger partial charge in [0.05, 0.1) is 18.0 Å². The summed E-state index contributed by atoms with van der Waals surface area (Å²) in [5.41, 5.74) is 13.2. The van der Waals surface area contributed by atoms with Crippen LogP contribution in [0.4, 0.5) is 34.1 Å². The van der Waals surface area contributed by atoms with Crippen LogP contribution >= 0.6 is 11.3 Å². The zero-order valence-electron chi connectivity index (χ0n) is 36.2. The number of benzene rings is 9. The zero-order chi connectivity index (χ0) is 42.6. The van der Waals surface area contributed by atoms with Gasteiger partial charge in [-0.05, 0) is 123 Å². The molecule has 2 aliphatic rings. The summed E-state index contributed by atoms with van der Waals surface area (Å²) in [4.78, 5) is 4.20. The molecule has 10 aromatic rings. The Hall–Kier alpha value is -7.20. The Bertz CT molecular complexity index is 3470. The van der Waals surface area contributed by atoms with Crippen LogP contribution < -0.4 is 9.80 Å². The van der Waals surface area contributed by atoms with Crippen molar-refractivity contribution in [3.63, 3.8) is 0 Å². The molecule has 1 atom stereocenters. The Morgan fingerprint density at radius 3 is 1.71 bits per heavy atom. The van der Waals surface area contributed by atoms with Crippen molar-refractivity contribution in [1.82, 2.24) is 0 Å². The number of thiophene rings is 1. The summed E-state index contributed by atoms with van der Waals surface area (Å²) in [5, 5.41) is 2.47. The number of fused-ring (bicyclic) bond motifs is 13. The Kier molecular flexibility index (Phi) is 6.29. The molecule has 1 spiro atoms. The van der Waals surface area contributed by atoms with Crippen molar-refractivity contribution in [2.24, 2.45) is 0 Å². The van der Waals surface area contributed by atoms with Gasteiger partial charge >= 0.3 is 0 Å². The van der Waals surface area contributed by atoms with E-state index in [2.05, 4.69) is 157 Å². The molecule has 1 heterocycles. The number of para-hydroxylation sites is 3. The maximum Gasteiger partial charge on any atom is 0.0726 e. The number of anilines is 6. The van der Waals surface area contributed by atoms with Crippen LogP contribution in [0.3, 0.4) is 0 Å². The molecule has 3 heteroatoms. The molecule has 12 rings (SSSR count). The van der Waals surface area contributed by atoms with E-state index in [1.165, 1.54) is 48.0 Å². The second-order valence-corrected chi connectivity index (χ2v) is 15.9. The van der Waals surface area contributed by atoms with E-state index in [0.29, 0.717) is 11.4 Å². The molecule has 0 aliphatic heterocycles. The molecule has 9 aromatic carbocycles. The molecule has 2 nitrogen and oxygen atoms in total. The van der Waals surface area contributed by atoms with Crippen molar-refractivity contribution in [2.45, 2.75) is 5.41 Å². The maximum atomic E-state index is 9.06. The fourth-order valence-corrected chi connectivity index (χ4v) is 10.8. The molecule has 0 amide bonds. The highest BCUT2D eigenvalue weighted by molar-refractivity contribution is 7.26. The third-order valence-corrected chi connectivity index (χ3v) is 13.1. The lowest BCUT2D eigenvalue weighted by Crippen LogP contribution is -2.26. The van der Waals surface area contributed by atoms with Crippen LogP contribution in [0, 0.1) is 0 Å². The lowest BCUT2D eigenvalue weighted by Gasteiger charge is -2.33. The van der Waals surface area contributed by atoms with E-state index in [0.717, 1.165) is 33.8 Å². The highest BCUT2D eigenvalue weighted by atomic mass is 32.1. The topological polar surface area (TPSA) is 6.48 Å². The molecular weight excluding hydrogens is 721 g/mol. The Morgan fingerprint density at radius 1 is 0.379 bits per heavy atom. The molecule has 0 radical (unpaired) electrons. The number of hydrogen-bond donors (Lipinski definition) is 0. The third kappa shape index (κ3) is 4.71. The lowest BCUT2D eigenvalue weighted by molar-refractivity contribution is 0.793. The van der Waals surface area contributed by atoms with Gasteiger partial charge in [-0.25, -0.2) is 0 Å². The van der Waals surface area contributed by atoms with Gasteiger partial charge < -0.3 is 9.80 Å². The smallest absolute Gasteiger partial charge is 0.0726 e. The predicted molar refractivity (Wildman–Crippen MR) is 245 cm³/mol. The zero-order valence-corrected chi connectivity index (χ0v) is 32.0. The molecule has 1 aromatic heterocycles. The SMILES string of the molecule is [2H]c1c([2H])c([2H])c(N(c2ccccc2)c2ccc3c(c2)-c2ccccc2C32c3ccccc3-c3ccc(N(c4ccccc4)c4cccc5sc6ccccc6c45)cc32)c([2H])c1[2H]. The number of hydrogen-bond acceptors (Lipinski definition) is 3. The highest BCUT2D eigenvalue weighted by Crippen LogP contribution is 2.64. The molecule has 0 N–H and O–H groups in total. The standard InChI is InChI=1S/C55H36N2S/c1-4-17-37(18-5-1)56(38-19-6-2-7-20-38)40-32-34-49-46(35-40)43-24-11-14-27-48(43)55(49)47-26-13-10-23-42(47)44-33-31-41(36-50(44)55)57(39-21-8-3-9-22-39)51-28-16-30-53-54(51)45-25-12-15-29-52(45)58-53/h1-36H/i1D,4D,5D,17D,18D. The van der Waals surface area contributed by atoms with Gasteiger partial charge in [0, 0.05) is 48.6 Å². The Balaban J connectivity index is 1.12. The lowest BCUT2D eigenvalue weighted by atomic mass is 9.70. The summed E-state index contributed by atoms with van der Waals surface area (Å²) < 4.78 is 46.2. The molecule has 0 fully saturated rings. The van der Waals surface area contributed by atoms with E-state index in [4.69, 9.17) is 6.85 Å². The molecule has 0 saturated heterocycles. The van der Waals surface area contributed by atoms with E-state index < -0.39 is 11.5 Å². The Labute approximate surface area is 349 Å². The van der Waals surface area contributed by atoms with E-state index in [1.54, 1.807) is 4.90 Å². The monoisotopic (exact) mass is 761 g/mol. The minimum atomic E-state index is -0.676. The van der Waals surface area contributed by atoms with Crippen molar-refractivity contribution >= 4 is 65.6 Å². The first-order chi connectivity index (χ1) is 30.9. The van der Waals surface area contributed by atoms with Crippen molar-refractivity contribution in [1.29, 1.82) is 0 Å². The van der Waals surface area contributed by atoms with Gasteiger partial charge in [-0.2, -0.15) is 0 Å². The van der Waals surface area contributed by atoms with Gasteiger partial charge in [-0.15, -0.1) is 11.3 Å². The van der Waals surface area contributed by atoms with E-state index in [9.17, 15) is 0 Å². The summed E-state index contributed by atoms with van der Waals surface area (Å²) in [7, 11) is 0. The second-order valence-electron chi connectivity index (χ2n) is 14.9. The van der Waals surface area contributed by atoms with Crippen molar-refractivity contribution < 1.29 is 6.85 Å². The van der Waals surface area contributed by atoms with Gasteiger partial charge in [0.2, 0.25) is 0 Å². The van der Waals surface area contributed by atoms with E-state index in [-0.39, 0.29) is 29.9 Å². The van der Waals surface area contributed by atoms with Crippen LogP contribution in [0.2, 0.25) is 0 Å². The van der Waals surface area contributed by atoms with Crippen molar-refractivity contribution in [3.8, 4) is 22.3 Å². The summed E-state index contributed by atoms with van der Waals surface area (Å²) in [6, 6.07) is 64.5. The maximum absolute atomic E-state index is 9.06. The average Bonchev–Trinajstić information content (AvgIpc) is 3.96. The normalized spacial score (nSPS) is 15.8. The van der Waals surface area contributed by atoms with Gasteiger partial charge in [-0.1, -0.05) is 139 Å². The first kappa shape index (κ1) is 28.2. The van der Waals surface area contributed by atoms with Gasteiger partial charge in [0.15, 0.2) is 0 Å². The molecular formula is C55H36N2S. The van der Waals surface area contributed by atoms with E-state index in [1.807, 2.05) is 47.7 Å². The minimum Gasteiger partial charge on any atom is -0.310 e. The molecule has 58 heavy (non-hydrogen) atoms. The predicted octanol–water partition coefficient (Wildman–Crippen LogP) is 15.3. The van der Waals surface area contributed by atoms with Crippen LogP contribution in [-0.2, 0) is 5.41 Å².